The summed E-state index contributed by atoms with van der Waals surface area (Å²) in [7, 11) is -1.75. The molecule has 0 aromatic carbocycles. The first-order valence-corrected chi connectivity index (χ1v) is 11.7. The predicted molar refractivity (Wildman–Crippen MR) is 94.7 cm³/mol. The number of hydrogen-bond acceptors (Lipinski definition) is 2. The van der Waals surface area contributed by atoms with Crippen LogP contribution in [0.15, 0.2) is 0 Å². The SMILES string of the molecule is CC(C)(O[Si](C)(C)C(C)(C)C)C1CCC(CCC(=O)O)CC1. The van der Waals surface area contributed by atoms with Gasteiger partial charge in [-0.1, -0.05) is 33.6 Å². The predicted octanol–water partition coefficient (Wildman–Crippen LogP) is 5.46. The molecule has 0 atom stereocenters. The monoisotopic (exact) mass is 328 g/mol. The molecule has 0 heterocycles. The van der Waals surface area contributed by atoms with Crippen molar-refractivity contribution >= 4 is 14.3 Å². The van der Waals surface area contributed by atoms with Gasteiger partial charge in [0.1, 0.15) is 0 Å². The van der Waals surface area contributed by atoms with Crippen LogP contribution in [0.25, 0.3) is 0 Å². The molecule has 0 spiro atoms. The Balaban J connectivity index is 2.56. The lowest BCUT2D eigenvalue weighted by Gasteiger charge is -2.47. The molecule has 0 amide bonds. The number of hydrogen-bond donors (Lipinski definition) is 1. The second kappa shape index (κ2) is 7.04. The van der Waals surface area contributed by atoms with Gasteiger partial charge < -0.3 is 9.53 Å². The largest absolute Gasteiger partial charge is 0.481 e. The minimum atomic E-state index is -1.75. The minimum absolute atomic E-state index is 0.0687. The van der Waals surface area contributed by atoms with Gasteiger partial charge in [0.25, 0.3) is 0 Å². The molecule has 130 valence electrons. The van der Waals surface area contributed by atoms with Gasteiger partial charge in [-0.2, -0.15) is 0 Å². The number of carboxylic acid groups (broad SMARTS) is 1. The smallest absolute Gasteiger partial charge is 0.303 e. The van der Waals surface area contributed by atoms with E-state index in [0.717, 1.165) is 19.3 Å². The van der Waals surface area contributed by atoms with Crippen LogP contribution < -0.4 is 0 Å². The van der Waals surface area contributed by atoms with Crippen molar-refractivity contribution in [1.82, 2.24) is 0 Å². The van der Waals surface area contributed by atoms with Gasteiger partial charge in [0.2, 0.25) is 0 Å². The van der Waals surface area contributed by atoms with Gasteiger partial charge in [0, 0.05) is 6.42 Å². The topological polar surface area (TPSA) is 46.5 Å². The van der Waals surface area contributed by atoms with Crippen molar-refractivity contribution < 1.29 is 14.3 Å². The molecule has 22 heavy (non-hydrogen) atoms. The summed E-state index contributed by atoms with van der Waals surface area (Å²) in [5.41, 5.74) is -0.0687. The molecule has 0 aromatic rings. The van der Waals surface area contributed by atoms with Crippen LogP contribution in [0.2, 0.25) is 18.1 Å². The molecule has 3 nitrogen and oxygen atoms in total. The summed E-state index contributed by atoms with van der Waals surface area (Å²) in [5, 5.41) is 9.05. The third kappa shape index (κ3) is 5.38. The Hall–Kier alpha value is -0.353. The number of aliphatic carboxylic acids is 1. The summed E-state index contributed by atoms with van der Waals surface area (Å²) in [6.07, 6.45) is 5.81. The summed E-state index contributed by atoms with van der Waals surface area (Å²) in [6, 6.07) is 0. The lowest BCUT2D eigenvalue weighted by molar-refractivity contribution is -0.137. The van der Waals surface area contributed by atoms with Crippen LogP contribution in [0, 0.1) is 11.8 Å². The van der Waals surface area contributed by atoms with E-state index >= 15 is 0 Å². The molecular weight excluding hydrogens is 292 g/mol. The molecule has 0 bridgehead atoms. The standard InChI is InChI=1S/C18H36O3Si/c1-17(2,3)22(6,7)21-18(4,5)15-11-8-14(9-12-15)10-13-16(19)20/h14-15H,8-13H2,1-7H3,(H,19,20). The van der Waals surface area contributed by atoms with E-state index < -0.39 is 14.3 Å². The Bertz CT molecular complexity index is 374. The second-order valence-corrected chi connectivity index (χ2v) is 13.8. The van der Waals surface area contributed by atoms with E-state index in [4.69, 9.17) is 9.53 Å². The number of rotatable bonds is 6. The van der Waals surface area contributed by atoms with Gasteiger partial charge in [0.15, 0.2) is 8.32 Å². The highest BCUT2D eigenvalue weighted by atomic mass is 28.4. The van der Waals surface area contributed by atoms with Crippen LogP contribution in [0.1, 0.15) is 73.1 Å². The zero-order valence-corrected chi connectivity index (χ0v) is 16.7. The van der Waals surface area contributed by atoms with E-state index in [-0.39, 0.29) is 10.6 Å². The Labute approximate surface area is 138 Å². The van der Waals surface area contributed by atoms with E-state index in [2.05, 4.69) is 47.7 Å². The van der Waals surface area contributed by atoms with Crippen LogP contribution in [0.4, 0.5) is 0 Å². The average molecular weight is 329 g/mol. The zero-order chi connectivity index (χ0) is 17.2. The summed E-state index contributed by atoms with van der Waals surface area (Å²) < 4.78 is 6.71. The van der Waals surface area contributed by atoms with E-state index in [0.29, 0.717) is 18.3 Å². The summed E-state index contributed by atoms with van der Waals surface area (Å²) in [4.78, 5) is 10.7. The van der Waals surface area contributed by atoms with Crippen LogP contribution in [0.3, 0.4) is 0 Å². The first-order valence-electron chi connectivity index (χ1n) is 8.77. The Morgan fingerprint density at radius 1 is 1.09 bits per heavy atom. The van der Waals surface area contributed by atoms with Crippen molar-refractivity contribution in [2.45, 2.75) is 96.9 Å². The van der Waals surface area contributed by atoms with Crippen LogP contribution >= 0.6 is 0 Å². The molecule has 1 rings (SSSR count). The van der Waals surface area contributed by atoms with Gasteiger partial charge in [-0.3, -0.25) is 4.79 Å². The number of carboxylic acids is 1. The van der Waals surface area contributed by atoms with Gasteiger partial charge in [-0.25, -0.2) is 0 Å². The van der Waals surface area contributed by atoms with Crippen molar-refractivity contribution in [2.75, 3.05) is 0 Å². The number of carbonyl (C=O) groups is 1. The van der Waals surface area contributed by atoms with Gasteiger partial charge in [-0.15, -0.1) is 0 Å². The molecule has 0 aromatic heterocycles. The maximum absolute atomic E-state index is 10.7. The Kier molecular flexibility index (Phi) is 6.30. The highest BCUT2D eigenvalue weighted by Crippen LogP contribution is 2.44. The summed E-state index contributed by atoms with van der Waals surface area (Å²) in [6.45, 7) is 16.0. The quantitative estimate of drug-likeness (QED) is 0.659. The lowest BCUT2D eigenvalue weighted by Crippen LogP contribution is -2.50. The molecule has 1 fully saturated rings. The molecular formula is C18H36O3Si. The zero-order valence-electron chi connectivity index (χ0n) is 15.7. The van der Waals surface area contributed by atoms with Gasteiger partial charge >= 0.3 is 5.97 Å². The lowest BCUT2D eigenvalue weighted by atomic mass is 9.74. The molecule has 1 aliphatic carbocycles. The second-order valence-electron chi connectivity index (χ2n) is 9.12. The molecule has 4 heteroatoms. The molecule has 0 aliphatic heterocycles. The first kappa shape index (κ1) is 19.7. The third-order valence-electron chi connectivity index (χ3n) is 5.92. The highest BCUT2D eigenvalue weighted by molar-refractivity contribution is 6.74. The van der Waals surface area contributed by atoms with E-state index in [9.17, 15) is 4.79 Å². The minimum Gasteiger partial charge on any atom is -0.481 e. The van der Waals surface area contributed by atoms with Crippen LogP contribution in [0.5, 0.6) is 0 Å². The van der Waals surface area contributed by atoms with E-state index in [1.807, 2.05) is 0 Å². The van der Waals surface area contributed by atoms with Crippen molar-refractivity contribution in [2.24, 2.45) is 11.8 Å². The van der Waals surface area contributed by atoms with Crippen LogP contribution in [-0.2, 0) is 9.22 Å². The summed E-state index contributed by atoms with van der Waals surface area (Å²) in [5.74, 6) is 0.530. The molecule has 1 N–H and O–H groups in total. The molecule has 0 radical (unpaired) electrons. The maximum atomic E-state index is 10.7. The van der Waals surface area contributed by atoms with Crippen molar-refractivity contribution in [3.05, 3.63) is 0 Å². The maximum Gasteiger partial charge on any atom is 0.303 e. The van der Waals surface area contributed by atoms with E-state index in [1.165, 1.54) is 12.8 Å². The molecule has 0 saturated heterocycles. The molecule has 1 aliphatic rings. The summed E-state index contributed by atoms with van der Waals surface area (Å²) >= 11 is 0. The fraction of sp³-hybridized carbons (Fsp3) is 0.944. The van der Waals surface area contributed by atoms with Crippen molar-refractivity contribution in [1.29, 1.82) is 0 Å². The highest BCUT2D eigenvalue weighted by Gasteiger charge is 2.44. The Morgan fingerprint density at radius 3 is 2.00 bits per heavy atom. The van der Waals surface area contributed by atoms with Crippen LogP contribution in [-0.4, -0.2) is 25.0 Å². The van der Waals surface area contributed by atoms with Gasteiger partial charge in [-0.05, 0) is 63.1 Å². The fourth-order valence-corrected chi connectivity index (χ4v) is 5.16. The van der Waals surface area contributed by atoms with Crippen molar-refractivity contribution in [3.63, 3.8) is 0 Å². The normalized spacial score (nSPS) is 24.3. The average Bonchev–Trinajstić information content (AvgIpc) is 2.34. The van der Waals surface area contributed by atoms with Gasteiger partial charge in [0.05, 0.1) is 5.60 Å². The van der Waals surface area contributed by atoms with Crippen molar-refractivity contribution in [3.8, 4) is 0 Å². The fourth-order valence-electron chi connectivity index (χ4n) is 3.37. The first-order chi connectivity index (χ1) is 9.85. The third-order valence-corrected chi connectivity index (χ3v) is 10.6. The molecule has 1 saturated carbocycles. The molecule has 0 unspecified atom stereocenters. The van der Waals surface area contributed by atoms with E-state index in [1.54, 1.807) is 0 Å². The Morgan fingerprint density at radius 2 is 1.59 bits per heavy atom.